The fourth-order valence-corrected chi connectivity index (χ4v) is 4.08. The first kappa shape index (κ1) is 22.1. The zero-order chi connectivity index (χ0) is 21.8. The Hall–Kier alpha value is -2.61. The smallest absolute Gasteiger partial charge is 0.274 e. The molecule has 0 bridgehead atoms. The summed E-state index contributed by atoms with van der Waals surface area (Å²) < 4.78 is 0. The lowest BCUT2D eigenvalue weighted by Crippen LogP contribution is -2.33. The van der Waals surface area contributed by atoms with Crippen LogP contribution in [0.15, 0.2) is 24.5 Å². The first-order valence-corrected chi connectivity index (χ1v) is 10.9. The summed E-state index contributed by atoms with van der Waals surface area (Å²) in [7, 11) is 4.01. The summed E-state index contributed by atoms with van der Waals surface area (Å²) in [5.41, 5.74) is 5.24. The summed E-state index contributed by atoms with van der Waals surface area (Å²) in [5.74, 6) is 0.118. The van der Waals surface area contributed by atoms with Crippen LogP contribution in [0.1, 0.15) is 38.1 Å². The van der Waals surface area contributed by atoms with Gasteiger partial charge < -0.3 is 10.6 Å². The standard InChI is InChI=1S/C20H24N5O3PS/c1-10-5-6-13(18(26)25-28-4)7-14(10)24-17-15-12(3)16(19(27)23-11(2)8-29)30-20(15)22-9-21-17/h5-7,9,11H,8,29H2,1-4H3,(H,23,27)(H,25,26)(H,21,22,24). The third-order valence-corrected chi connectivity index (χ3v) is 6.52. The number of benzene rings is 1. The molecule has 0 aliphatic heterocycles. The van der Waals surface area contributed by atoms with E-state index in [0.29, 0.717) is 16.3 Å². The number of rotatable bonds is 7. The summed E-state index contributed by atoms with van der Waals surface area (Å²) in [5, 5.41) is 7.07. The minimum absolute atomic E-state index is 0.0550. The first-order chi connectivity index (χ1) is 14.3. The van der Waals surface area contributed by atoms with Crippen molar-refractivity contribution in [2.75, 3.05) is 18.6 Å². The zero-order valence-corrected chi connectivity index (χ0v) is 19.2. The molecule has 3 rings (SSSR count). The van der Waals surface area contributed by atoms with Crippen molar-refractivity contribution < 1.29 is 14.4 Å². The van der Waals surface area contributed by atoms with Crippen molar-refractivity contribution in [2.45, 2.75) is 26.8 Å². The van der Waals surface area contributed by atoms with Gasteiger partial charge in [0, 0.05) is 17.3 Å². The number of hydrogen-bond donors (Lipinski definition) is 3. The van der Waals surface area contributed by atoms with Gasteiger partial charge >= 0.3 is 0 Å². The van der Waals surface area contributed by atoms with E-state index in [2.05, 4.69) is 35.3 Å². The van der Waals surface area contributed by atoms with E-state index in [4.69, 9.17) is 4.84 Å². The van der Waals surface area contributed by atoms with E-state index in [1.165, 1.54) is 24.8 Å². The van der Waals surface area contributed by atoms with Gasteiger partial charge in [0.25, 0.3) is 11.8 Å². The lowest BCUT2D eigenvalue weighted by atomic mass is 10.1. The van der Waals surface area contributed by atoms with Crippen LogP contribution < -0.4 is 16.1 Å². The summed E-state index contributed by atoms with van der Waals surface area (Å²) in [4.78, 5) is 39.5. The SMILES string of the molecule is CONC(=O)c1ccc(C)c(Nc2ncnc3sc(C(=O)NC(C)CP)c(C)c23)c1. The topological polar surface area (TPSA) is 105 Å². The Morgan fingerprint density at radius 3 is 2.70 bits per heavy atom. The van der Waals surface area contributed by atoms with Crippen molar-refractivity contribution in [1.82, 2.24) is 20.8 Å². The molecule has 0 saturated heterocycles. The van der Waals surface area contributed by atoms with Gasteiger partial charge in [-0.15, -0.1) is 20.6 Å². The Morgan fingerprint density at radius 1 is 1.23 bits per heavy atom. The highest BCUT2D eigenvalue weighted by Crippen LogP contribution is 2.35. The molecule has 2 atom stereocenters. The average molecular weight is 445 g/mol. The van der Waals surface area contributed by atoms with Crippen LogP contribution in [0.25, 0.3) is 10.2 Å². The molecule has 0 aliphatic carbocycles. The molecule has 0 spiro atoms. The first-order valence-electron chi connectivity index (χ1n) is 9.31. The highest BCUT2D eigenvalue weighted by atomic mass is 32.1. The molecule has 30 heavy (non-hydrogen) atoms. The normalized spacial score (nSPS) is 11.9. The summed E-state index contributed by atoms with van der Waals surface area (Å²) >= 11 is 1.34. The largest absolute Gasteiger partial charge is 0.349 e. The average Bonchev–Trinajstić information content (AvgIpc) is 3.07. The number of hydroxylamine groups is 1. The second kappa shape index (κ2) is 9.47. The molecule has 1 aromatic carbocycles. The second-order valence-electron chi connectivity index (χ2n) is 6.86. The fourth-order valence-electron chi connectivity index (χ4n) is 2.91. The van der Waals surface area contributed by atoms with Crippen LogP contribution in [0.5, 0.6) is 0 Å². The maximum Gasteiger partial charge on any atom is 0.274 e. The van der Waals surface area contributed by atoms with Crippen molar-refractivity contribution in [2.24, 2.45) is 0 Å². The van der Waals surface area contributed by atoms with E-state index >= 15 is 0 Å². The van der Waals surface area contributed by atoms with Crippen molar-refractivity contribution in [3.8, 4) is 0 Å². The predicted molar refractivity (Wildman–Crippen MR) is 123 cm³/mol. The number of aryl methyl sites for hydroxylation is 2. The van der Waals surface area contributed by atoms with Gasteiger partial charge in [-0.2, -0.15) is 0 Å². The van der Waals surface area contributed by atoms with Crippen LogP contribution in [0.3, 0.4) is 0 Å². The number of nitrogens with zero attached hydrogens (tertiary/aromatic N) is 2. The Balaban J connectivity index is 1.99. The molecule has 2 heterocycles. The van der Waals surface area contributed by atoms with Crippen LogP contribution in [0.2, 0.25) is 0 Å². The number of nitrogens with one attached hydrogen (secondary N) is 3. The number of aromatic nitrogens is 2. The molecule has 0 radical (unpaired) electrons. The fraction of sp³-hybridized carbons (Fsp3) is 0.300. The van der Waals surface area contributed by atoms with Gasteiger partial charge in [-0.05, 0) is 50.2 Å². The number of anilines is 2. The van der Waals surface area contributed by atoms with Crippen LogP contribution in [-0.2, 0) is 4.84 Å². The van der Waals surface area contributed by atoms with Crippen molar-refractivity contribution in [1.29, 1.82) is 0 Å². The predicted octanol–water partition coefficient (Wildman–Crippen LogP) is 3.34. The Bertz CT molecular complexity index is 1100. The molecule has 0 fully saturated rings. The van der Waals surface area contributed by atoms with Gasteiger partial charge in [0.2, 0.25) is 0 Å². The third-order valence-electron chi connectivity index (χ3n) is 4.61. The molecule has 0 aliphatic rings. The van der Waals surface area contributed by atoms with Crippen molar-refractivity contribution in [3.05, 3.63) is 46.1 Å². The number of carbonyl (C=O) groups is 2. The van der Waals surface area contributed by atoms with Crippen LogP contribution in [0.4, 0.5) is 11.5 Å². The van der Waals surface area contributed by atoms with Crippen molar-refractivity contribution in [3.63, 3.8) is 0 Å². The third kappa shape index (κ3) is 4.59. The molecular formula is C20H24N5O3PS. The Kier molecular flexibility index (Phi) is 6.97. The maximum absolute atomic E-state index is 12.7. The van der Waals surface area contributed by atoms with Gasteiger partial charge in [-0.25, -0.2) is 15.4 Å². The summed E-state index contributed by atoms with van der Waals surface area (Å²) in [6.07, 6.45) is 2.24. The lowest BCUT2D eigenvalue weighted by Gasteiger charge is -2.12. The molecule has 10 heteroatoms. The molecule has 2 aromatic heterocycles. The maximum atomic E-state index is 12.7. The van der Waals surface area contributed by atoms with Gasteiger partial charge in [-0.3, -0.25) is 14.4 Å². The number of fused-ring (bicyclic) bond motifs is 1. The highest BCUT2D eigenvalue weighted by molar-refractivity contribution is 7.20. The molecule has 158 valence electrons. The molecule has 3 N–H and O–H groups in total. The molecular weight excluding hydrogens is 421 g/mol. The van der Waals surface area contributed by atoms with Gasteiger partial charge in [0.05, 0.1) is 17.4 Å². The van der Waals surface area contributed by atoms with Gasteiger partial charge in [-0.1, -0.05) is 6.07 Å². The van der Waals surface area contributed by atoms with Crippen LogP contribution >= 0.6 is 20.6 Å². The van der Waals surface area contributed by atoms with Gasteiger partial charge in [0.1, 0.15) is 17.0 Å². The summed E-state index contributed by atoms with van der Waals surface area (Å²) in [6.45, 7) is 5.78. The van der Waals surface area contributed by atoms with Crippen molar-refractivity contribution >= 4 is 54.1 Å². The second-order valence-corrected chi connectivity index (χ2v) is 8.33. The van der Waals surface area contributed by atoms with E-state index in [0.717, 1.165) is 33.2 Å². The number of hydrogen-bond acceptors (Lipinski definition) is 7. The minimum atomic E-state index is -0.345. The van der Waals surface area contributed by atoms with Crippen LogP contribution in [0, 0.1) is 13.8 Å². The van der Waals surface area contributed by atoms with E-state index in [9.17, 15) is 9.59 Å². The van der Waals surface area contributed by atoms with Crippen LogP contribution in [-0.4, -0.2) is 41.1 Å². The summed E-state index contributed by atoms with van der Waals surface area (Å²) in [6, 6.07) is 5.34. The zero-order valence-electron chi connectivity index (χ0n) is 17.2. The molecule has 2 unspecified atom stereocenters. The van der Waals surface area contributed by atoms with E-state index < -0.39 is 0 Å². The molecule has 8 nitrogen and oxygen atoms in total. The van der Waals surface area contributed by atoms with Gasteiger partial charge in [0.15, 0.2) is 0 Å². The van der Waals surface area contributed by atoms with E-state index in [1.807, 2.05) is 26.8 Å². The lowest BCUT2D eigenvalue weighted by molar-refractivity contribution is 0.0537. The quantitative estimate of drug-likeness (QED) is 0.381. The van der Waals surface area contributed by atoms with E-state index in [1.54, 1.807) is 12.1 Å². The number of carbonyl (C=O) groups excluding carboxylic acids is 2. The Morgan fingerprint density at radius 2 is 2.00 bits per heavy atom. The number of amides is 2. The Labute approximate surface area is 181 Å². The molecule has 3 aromatic rings. The highest BCUT2D eigenvalue weighted by Gasteiger charge is 2.20. The number of thiophene rings is 1. The monoisotopic (exact) mass is 445 g/mol. The minimum Gasteiger partial charge on any atom is -0.349 e. The van der Waals surface area contributed by atoms with E-state index in [-0.39, 0.29) is 17.9 Å². The molecule has 0 saturated carbocycles. The molecule has 2 amide bonds.